The van der Waals surface area contributed by atoms with E-state index in [1.54, 1.807) is 13.8 Å². The van der Waals surface area contributed by atoms with E-state index >= 15 is 0 Å². The van der Waals surface area contributed by atoms with Gasteiger partial charge < -0.3 is 18.6 Å². The van der Waals surface area contributed by atoms with Gasteiger partial charge in [-0.3, -0.25) is 14.7 Å². The first-order chi connectivity index (χ1) is 22.2. The second-order valence-electron chi connectivity index (χ2n) is 9.27. The van der Waals surface area contributed by atoms with E-state index in [2.05, 4.69) is 10.2 Å². The van der Waals surface area contributed by atoms with Gasteiger partial charge in [0.1, 0.15) is 20.2 Å². The fourth-order valence-electron chi connectivity index (χ4n) is 4.12. The molecule has 1 aliphatic heterocycles. The molecule has 49 heavy (non-hydrogen) atoms. The minimum absolute atomic E-state index is 0. The molecule has 0 radical (unpaired) electrons. The first kappa shape index (κ1) is 43.0. The van der Waals surface area contributed by atoms with Gasteiger partial charge in [0.15, 0.2) is 11.4 Å². The summed E-state index contributed by atoms with van der Waals surface area (Å²) in [6.07, 6.45) is 6.57. The van der Waals surface area contributed by atoms with E-state index in [4.69, 9.17) is 9.47 Å². The molecule has 0 unspecified atom stereocenters. The SMILES string of the molecule is CCOC(=O)C1=NN(c2ccc(S(=O)(=O)[O-])cc2)C(=O)/C1=C\C=CC=Cc1c(C(=O)OCC)[nH]n(-c2ccc(S(=O)(=O)[O-])cc2)c1=O.[K+].[K+]. The Balaban J connectivity index is 0.00000417. The van der Waals surface area contributed by atoms with Crippen LogP contribution in [0.15, 0.2) is 98.1 Å². The molecule has 0 fully saturated rings. The average Bonchev–Trinajstić information content (AvgIpc) is 3.52. The van der Waals surface area contributed by atoms with Crippen LogP contribution in [0.3, 0.4) is 0 Å². The number of H-pyrrole nitrogens is 1. The van der Waals surface area contributed by atoms with Crippen LogP contribution in [0.2, 0.25) is 0 Å². The Labute approximate surface area is 365 Å². The van der Waals surface area contributed by atoms with Gasteiger partial charge >= 0.3 is 115 Å². The number of benzene rings is 2. The number of anilines is 1. The Bertz CT molecular complexity index is 2130. The van der Waals surface area contributed by atoms with Gasteiger partial charge in [-0.1, -0.05) is 18.2 Å². The van der Waals surface area contributed by atoms with Crippen molar-refractivity contribution in [2.24, 2.45) is 5.10 Å². The molecule has 246 valence electrons. The number of nitrogens with zero attached hydrogens (tertiary/aromatic N) is 3. The summed E-state index contributed by atoms with van der Waals surface area (Å²) in [6, 6.07) is 8.72. The van der Waals surface area contributed by atoms with Gasteiger partial charge in [0.25, 0.3) is 11.5 Å². The van der Waals surface area contributed by atoms with E-state index in [0.717, 1.165) is 34.0 Å². The summed E-state index contributed by atoms with van der Waals surface area (Å²) in [5.74, 6) is -2.54. The standard InChI is InChI=1S/C29H26N4O12S2.2K/c1-3-44-28(36)24-22(26(34)32(30-24)18-10-14-20(15-11-18)46(38,39)40)8-6-5-7-9-23-25(29(37)45-4-2)31-33(27(23)35)19-12-16-21(17-13-19)47(41,42)43;;/h5-17,30H,3-4H2,1-2H3,(H,38,39,40)(H,41,42,43);;/q;2*+1/p-2/b7-5?,8-6?,23-9-;;. The average molecular weight is 763 g/mol. The summed E-state index contributed by atoms with van der Waals surface area (Å²) in [7, 11) is -9.47. The van der Waals surface area contributed by atoms with Crippen molar-refractivity contribution in [1.29, 1.82) is 0 Å². The third-order valence-electron chi connectivity index (χ3n) is 6.25. The number of allylic oxidation sites excluding steroid dienone is 4. The van der Waals surface area contributed by atoms with E-state index in [1.165, 1.54) is 54.6 Å². The molecule has 0 bridgehead atoms. The fraction of sp³-hybridized carbons (Fsp3) is 0.138. The van der Waals surface area contributed by atoms with Crippen LogP contribution in [0.25, 0.3) is 11.8 Å². The van der Waals surface area contributed by atoms with Gasteiger partial charge in [-0.15, -0.1) is 0 Å². The van der Waals surface area contributed by atoms with Crippen LogP contribution in [0.1, 0.15) is 29.9 Å². The van der Waals surface area contributed by atoms with Gasteiger partial charge in [0.2, 0.25) is 0 Å². The molecule has 2 heterocycles. The van der Waals surface area contributed by atoms with Crippen molar-refractivity contribution >= 4 is 55.6 Å². The van der Waals surface area contributed by atoms with Crippen LogP contribution in [0.5, 0.6) is 0 Å². The zero-order valence-corrected chi connectivity index (χ0v) is 34.4. The van der Waals surface area contributed by atoms with Crippen molar-refractivity contribution in [1.82, 2.24) is 9.78 Å². The van der Waals surface area contributed by atoms with Crippen LogP contribution in [0, 0.1) is 0 Å². The molecule has 0 saturated carbocycles. The Morgan fingerprint density at radius 2 is 1.31 bits per heavy atom. The summed E-state index contributed by atoms with van der Waals surface area (Å²) < 4.78 is 78.5. The Hall–Kier alpha value is -2.16. The molecule has 1 aromatic heterocycles. The van der Waals surface area contributed by atoms with Gasteiger partial charge in [-0.05, 0) is 74.5 Å². The van der Waals surface area contributed by atoms with Crippen molar-refractivity contribution in [3.05, 3.63) is 100 Å². The van der Waals surface area contributed by atoms with E-state index in [1.807, 2.05) is 0 Å². The zero-order chi connectivity index (χ0) is 34.5. The molecule has 4 rings (SSSR count). The Kier molecular flexibility index (Phi) is 16.1. The van der Waals surface area contributed by atoms with Crippen LogP contribution in [0.4, 0.5) is 5.69 Å². The summed E-state index contributed by atoms with van der Waals surface area (Å²) in [4.78, 5) is 50.5. The number of nitrogens with one attached hydrogen (secondary N) is 1. The third kappa shape index (κ3) is 10.4. The van der Waals surface area contributed by atoms with Crippen molar-refractivity contribution < 1.29 is 153 Å². The Morgan fingerprint density at radius 1 is 0.796 bits per heavy atom. The monoisotopic (exact) mass is 762 g/mol. The molecule has 1 aliphatic rings. The number of amides is 1. The van der Waals surface area contributed by atoms with Crippen LogP contribution in [-0.4, -0.2) is 72.5 Å². The predicted octanol–water partition coefficient (Wildman–Crippen LogP) is -4.38. The quantitative estimate of drug-likeness (QED) is 0.0641. The van der Waals surface area contributed by atoms with E-state index < -0.39 is 53.4 Å². The summed E-state index contributed by atoms with van der Waals surface area (Å²) >= 11 is 0. The first-order valence-electron chi connectivity index (χ1n) is 13.5. The number of carbonyl (C=O) groups excluding carboxylic acids is 3. The molecular weight excluding hydrogens is 739 g/mol. The van der Waals surface area contributed by atoms with E-state index in [9.17, 15) is 45.1 Å². The smallest absolute Gasteiger partial charge is 0.744 e. The maximum absolute atomic E-state index is 13.2. The van der Waals surface area contributed by atoms with Crippen LogP contribution in [-0.2, 0) is 39.3 Å². The Morgan fingerprint density at radius 3 is 1.82 bits per heavy atom. The number of hydrogen-bond donors (Lipinski definition) is 1. The molecule has 0 aliphatic carbocycles. The summed E-state index contributed by atoms with van der Waals surface area (Å²) in [6.45, 7) is 3.09. The molecule has 2 aromatic carbocycles. The van der Waals surface area contributed by atoms with Gasteiger partial charge in [-0.2, -0.15) is 10.1 Å². The number of hydrazone groups is 1. The van der Waals surface area contributed by atoms with Crippen molar-refractivity contribution in [2.45, 2.75) is 23.6 Å². The number of esters is 2. The maximum atomic E-state index is 13.2. The van der Waals surface area contributed by atoms with Gasteiger partial charge in [0.05, 0.1) is 45.5 Å². The van der Waals surface area contributed by atoms with E-state index in [-0.39, 0.29) is 150 Å². The van der Waals surface area contributed by atoms with Crippen LogP contribution >= 0.6 is 0 Å². The number of ether oxygens (including phenoxy) is 2. The van der Waals surface area contributed by atoms with E-state index in [0.29, 0.717) is 0 Å². The normalized spacial score (nSPS) is 14.1. The largest absolute Gasteiger partial charge is 1.00 e. The van der Waals surface area contributed by atoms with Gasteiger partial charge in [-0.25, -0.2) is 31.1 Å². The molecule has 20 heteroatoms. The first-order valence-corrected chi connectivity index (χ1v) is 16.3. The van der Waals surface area contributed by atoms with Gasteiger partial charge in [0, 0.05) is 0 Å². The zero-order valence-electron chi connectivity index (χ0n) is 26.5. The number of aromatic amines is 1. The molecule has 0 atom stereocenters. The second-order valence-corrected chi connectivity index (χ2v) is 12.0. The topological polar surface area (TPSA) is 237 Å². The number of hydrogen-bond acceptors (Lipinski definition) is 13. The maximum Gasteiger partial charge on any atom is 1.00 e. The summed E-state index contributed by atoms with van der Waals surface area (Å²) in [5.41, 5.74) is -1.43. The van der Waals surface area contributed by atoms with Crippen LogP contribution < -0.4 is 113 Å². The predicted molar refractivity (Wildman–Crippen MR) is 163 cm³/mol. The number of carbonyl (C=O) groups is 3. The minimum atomic E-state index is -4.74. The molecule has 16 nitrogen and oxygen atoms in total. The molecule has 1 amide bonds. The fourth-order valence-corrected chi connectivity index (χ4v) is 5.06. The van der Waals surface area contributed by atoms with Crippen molar-refractivity contribution in [3.63, 3.8) is 0 Å². The number of rotatable bonds is 11. The van der Waals surface area contributed by atoms with Crippen molar-refractivity contribution in [2.75, 3.05) is 18.2 Å². The molecule has 0 spiro atoms. The minimum Gasteiger partial charge on any atom is -0.744 e. The molecule has 0 saturated heterocycles. The second kappa shape index (κ2) is 18.4. The number of aromatic nitrogens is 2. The third-order valence-corrected chi connectivity index (χ3v) is 7.95. The van der Waals surface area contributed by atoms with Crippen molar-refractivity contribution in [3.8, 4) is 5.69 Å². The molecule has 3 aromatic rings. The summed E-state index contributed by atoms with van der Waals surface area (Å²) in [5, 5.41) is 7.45. The molecule has 1 N–H and O–H groups in total. The molecular formula is C29H24K2N4O12S2.